The first kappa shape index (κ1) is 17.7. The minimum absolute atomic E-state index is 0.0787. The van der Waals surface area contributed by atoms with Crippen LogP contribution in [0.1, 0.15) is 39.8 Å². The third-order valence-electron chi connectivity index (χ3n) is 4.62. The predicted octanol–water partition coefficient (Wildman–Crippen LogP) is 4.39. The Bertz CT molecular complexity index is 819. The number of allylic oxidation sites excluding steroid dienone is 1. The van der Waals surface area contributed by atoms with Gasteiger partial charge in [-0.2, -0.15) is 0 Å². The Labute approximate surface area is 142 Å². The Morgan fingerprint density at radius 1 is 0.792 bits per heavy atom. The second-order valence-electron chi connectivity index (χ2n) is 6.34. The molecule has 0 aromatic heterocycles. The van der Waals surface area contributed by atoms with Gasteiger partial charge in [0.05, 0.1) is 0 Å². The minimum atomic E-state index is -0.111. The molecular weight excluding hydrogens is 304 g/mol. The molecule has 24 heavy (non-hydrogen) atoms. The summed E-state index contributed by atoms with van der Waals surface area (Å²) in [5.41, 5.74) is 5.10. The van der Waals surface area contributed by atoms with Crippen LogP contribution in [0.25, 0.3) is 5.57 Å². The second kappa shape index (κ2) is 6.48. The molecule has 0 fully saturated rings. The normalized spacial score (nSPS) is 10.8. The van der Waals surface area contributed by atoms with Crippen LogP contribution in [0.3, 0.4) is 0 Å². The van der Waals surface area contributed by atoms with Crippen LogP contribution < -0.4 is 0 Å². The summed E-state index contributed by atoms with van der Waals surface area (Å²) in [7, 11) is 0. The largest absolute Gasteiger partial charge is 0.504 e. The summed E-state index contributed by atoms with van der Waals surface area (Å²) < 4.78 is 0. The fourth-order valence-corrected chi connectivity index (χ4v) is 2.89. The van der Waals surface area contributed by atoms with Crippen LogP contribution in [0.15, 0.2) is 18.7 Å². The van der Waals surface area contributed by atoms with Gasteiger partial charge >= 0.3 is 0 Å². The molecule has 0 saturated heterocycles. The summed E-state index contributed by atoms with van der Waals surface area (Å²) in [4.78, 5) is 0. The summed E-state index contributed by atoms with van der Waals surface area (Å²) in [5, 5.41) is 39.5. The Hall–Kier alpha value is -2.62. The van der Waals surface area contributed by atoms with Gasteiger partial charge in [-0.25, -0.2) is 0 Å². The third kappa shape index (κ3) is 3.04. The number of phenolic OH excluding ortho intramolecular Hbond substituents is 4. The van der Waals surface area contributed by atoms with E-state index in [0.717, 1.165) is 16.7 Å². The lowest BCUT2D eigenvalue weighted by atomic mass is 9.92. The number of hydrogen-bond acceptors (Lipinski definition) is 4. The minimum Gasteiger partial charge on any atom is -0.504 e. The molecule has 4 N–H and O–H groups in total. The summed E-state index contributed by atoms with van der Waals surface area (Å²) >= 11 is 0. The van der Waals surface area contributed by atoms with Gasteiger partial charge in [-0.1, -0.05) is 12.6 Å². The van der Waals surface area contributed by atoms with E-state index >= 15 is 0 Å². The molecule has 0 heterocycles. The zero-order chi connectivity index (χ0) is 18.2. The van der Waals surface area contributed by atoms with Crippen LogP contribution in [-0.2, 0) is 6.42 Å². The maximum atomic E-state index is 10.00. The van der Waals surface area contributed by atoms with E-state index in [-0.39, 0.29) is 23.0 Å². The first-order valence-corrected chi connectivity index (χ1v) is 7.86. The highest BCUT2D eigenvalue weighted by Gasteiger charge is 2.15. The van der Waals surface area contributed by atoms with E-state index in [1.54, 1.807) is 27.7 Å². The average Bonchev–Trinajstić information content (AvgIpc) is 2.56. The Balaban J connectivity index is 2.27. The molecule has 0 atom stereocenters. The van der Waals surface area contributed by atoms with Gasteiger partial charge in [0, 0.05) is 5.56 Å². The van der Waals surface area contributed by atoms with E-state index in [1.165, 1.54) is 0 Å². The summed E-state index contributed by atoms with van der Waals surface area (Å²) in [5.74, 6) is -0.366. The summed E-state index contributed by atoms with van der Waals surface area (Å²) in [6.45, 7) is 11.1. The fourth-order valence-electron chi connectivity index (χ4n) is 2.89. The molecular formula is C20H24O4. The van der Waals surface area contributed by atoms with Crippen molar-refractivity contribution in [2.24, 2.45) is 0 Å². The van der Waals surface area contributed by atoms with Crippen LogP contribution in [0.4, 0.5) is 0 Å². The van der Waals surface area contributed by atoms with Gasteiger partial charge in [0.1, 0.15) is 0 Å². The van der Waals surface area contributed by atoms with E-state index in [0.29, 0.717) is 35.1 Å². The van der Waals surface area contributed by atoms with Crippen molar-refractivity contribution in [2.45, 2.75) is 40.5 Å². The molecule has 0 bridgehead atoms. The number of hydrogen-bond donors (Lipinski definition) is 4. The highest BCUT2D eigenvalue weighted by molar-refractivity contribution is 5.71. The lowest BCUT2D eigenvalue weighted by Gasteiger charge is -2.15. The van der Waals surface area contributed by atoms with Gasteiger partial charge in [-0.15, -0.1) is 0 Å². The quantitative estimate of drug-likeness (QED) is 0.628. The van der Waals surface area contributed by atoms with E-state index in [4.69, 9.17) is 0 Å². The van der Waals surface area contributed by atoms with Gasteiger partial charge in [0.25, 0.3) is 0 Å². The van der Waals surface area contributed by atoms with E-state index < -0.39 is 0 Å². The van der Waals surface area contributed by atoms with E-state index in [1.807, 2.05) is 12.1 Å². The molecule has 2 aromatic carbocycles. The first-order valence-electron chi connectivity index (χ1n) is 7.86. The molecule has 4 nitrogen and oxygen atoms in total. The van der Waals surface area contributed by atoms with Crippen molar-refractivity contribution in [3.05, 3.63) is 52.1 Å². The molecule has 2 rings (SSSR count). The van der Waals surface area contributed by atoms with Crippen LogP contribution >= 0.6 is 0 Å². The SMILES string of the molecule is C=C(CCc1cc(C)c(O)c(O)c1C)c1cc(C)c(O)c(O)c1C. The van der Waals surface area contributed by atoms with Gasteiger partial charge in [0.2, 0.25) is 0 Å². The molecule has 4 heteroatoms. The van der Waals surface area contributed by atoms with Crippen molar-refractivity contribution in [1.29, 1.82) is 0 Å². The highest BCUT2D eigenvalue weighted by Crippen LogP contribution is 2.39. The van der Waals surface area contributed by atoms with E-state index in [9.17, 15) is 20.4 Å². The molecule has 0 aliphatic heterocycles. The summed E-state index contributed by atoms with van der Waals surface area (Å²) in [6.07, 6.45) is 1.29. The average molecular weight is 328 g/mol. The molecule has 2 aromatic rings. The lowest BCUT2D eigenvalue weighted by molar-refractivity contribution is 0.397. The zero-order valence-corrected chi connectivity index (χ0v) is 14.6. The smallest absolute Gasteiger partial charge is 0.161 e. The monoisotopic (exact) mass is 328 g/mol. The van der Waals surface area contributed by atoms with Gasteiger partial charge < -0.3 is 20.4 Å². The third-order valence-corrected chi connectivity index (χ3v) is 4.62. The van der Waals surface area contributed by atoms with Crippen molar-refractivity contribution < 1.29 is 20.4 Å². The Morgan fingerprint density at radius 2 is 1.29 bits per heavy atom. The maximum Gasteiger partial charge on any atom is 0.161 e. The predicted molar refractivity (Wildman–Crippen MR) is 95.8 cm³/mol. The van der Waals surface area contributed by atoms with Crippen molar-refractivity contribution in [3.63, 3.8) is 0 Å². The van der Waals surface area contributed by atoms with E-state index in [2.05, 4.69) is 6.58 Å². The molecule has 0 spiro atoms. The van der Waals surface area contributed by atoms with Crippen LogP contribution in [-0.4, -0.2) is 20.4 Å². The van der Waals surface area contributed by atoms with Crippen molar-refractivity contribution in [2.75, 3.05) is 0 Å². The van der Waals surface area contributed by atoms with Crippen molar-refractivity contribution >= 4 is 5.57 Å². The maximum absolute atomic E-state index is 10.00. The number of rotatable bonds is 4. The first-order chi connectivity index (χ1) is 11.1. The Morgan fingerprint density at radius 3 is 1.88 bits per heavy atom. The molecule has 0 aliphatic rings. The van der Waals surface area contributed by atoms with Crippen molar-refractivity contribution in [3.8, 4) is 23.0 Å². The highest BCUT2D eigenvalue weighted by atomic mass is 16.3. The Kier molecular flexibility index (Phi) is 4.78. The number of benzene rings is 2. The lowest BCUT2D eigenvalue weighted by Crippen LogP contribution is -1.96. The van der Waals surface area contributed by atoms with Gasteiger partial charge in [0.15, 0.2) is 23.0 Å². The zero-order valence-electron chi connectivity index (χ0n) is 14.6. The molecule has 0 aliphatic carbocycles. The van der Waals surface area contributed by atoms with Crippen LogP contribution in [0.5, 0.6) is 23.0 Å². The molecule has 0 saturated carbocycles. The number of phenols is 4. The summed E-state index contributed by atoms with van der Waals surface area (Å²) in [6, 6.07) is 3.68. The standard InChI is InChI=1S/C20H24O4/c1-10(16-9-12(3)18(22)20(24)14(16)5)6-7-15-8-11(2)17(21)19(23)13(15)4/h8-9,21-24H,1,6-7H2,2-5H3. The fraction of sp³-hybridized carbons (Fsp3) is 0.300. The van der Waals surface area contributed by atoms with Crippen molar-refractivity contribution in [1.82, 2.24) is 0 Å². The number of aromatic hydroxyl groups is 4. The van der Waals surface area contributed by atoms with Gasteiger partial charge in [-0.3, -0.25) is 0 Å². The van der Waals surface area contributed by atoms with Crippen LogP contribution in [0, 0.1) is 27.7 Å². The van der Waals surface area contributed by atoms with Gasteiger partial charge in [-0.05, 0) is 80.0 Å². The molecule has 0 unspecified atom stereocenters. The number of aryl methyl sites for hydroxylation is 3. The molecule has 0 amide bonds. The molecule has 128 valence electrons. The molecule has 0 radical (unpaired) electrons. The second-order valence-corrected chi connectivity index (χ2v) is 6.34. The van der Waals surface area contributed by atoms with Crippen LogP contribution in [0.2, 0.25) is 0 Å². The topological polar surface area (TPSA) is 80.9 Å².